The standard InChI is InChI=1S/C16H20N4O2S/c1-16(2,3)22-15(21)20-8-11-5-6-13(7-12(11)9-20)19-14(23-4)18-10-17/h5-7H,8-9H2,1-4H3,(H,18,19). The maximum absolute atomic E-state index is 12.2. The summed E-state index contributed by atoms with van der Waals surface area (Å²) in [6.45, 7) is 6.61. The summed E-state index contributed by atoms with van der Waals surface area (Å²) in [5.74, 6) is 0. The summed E-state index contributed by atoms with van der Waals surface area (Å²) in [7, 11) is 0. The molecule has 6 nitrogen and oxygen atoms in total. The van der Waals surface area contributed by atoms with Crippen molar-refractivity contribution in [2.75, 3.05) is 6.26 Å². The lowest BCUT2D eigenvalue weighted by Crippen LogP contribution is -2.33. The highest BCUT2D eigenvalue weighted by atomic mass is 32.2. The van der Waals surface area contributed by atoms with Crippen molar-refractivity contribution in [2.24, 2.45) is 4.99 Å². The number of amidine groups is 1. The Bertz CT molecular complexity index is 674. The third-order valence-corrected chi connectivity index (χ3v) is 3.73. The van der Waals surface area contributed by atoms with Gasteiger partial charge < -0.3 is 4.74 Å². The van der Waals surface area contributed by atoms with E-state index in [4.69, 9.17) is 10.00 Å². The summed E-state index contributed by atoms with van der Waals surface area (Å²) in [6, 6.07) is 5.78. The second-order valence-corrected chi connectivity index (χ2v) is 6.94. The summed E-state index contributed by atoms with van der Waals surface area (Å²) < 4.78 is 5.41. The Balaban J connectivity index is 2.12. The number of ether oxygens (including phenoxy) is 1. The average molecular weight is 332 g/mol. The van der Waals surface area contributed by atoms with Gasteiger partial charge in [0, 0.05) is 13.1 Å². The molecule has 122 valence electrons. The Hall–Kier alpha value is -2.20. The van der Waals surface area contributed by atoms with Crippen molar-refractivity contribution >= 4 is 28.7 Å². The van der Waals surface area contributed by atoms with Crippen LogP contribution in [0.2, 0.25) is 0 Å². The molecule has 1 aliphatic rings. The van der Waals surface area contributed by atoms with Gasteiger partial charge in [-0.25, -0.2) is 9.79 Å². The minimum Gasteiger partial charge on any atom is -0.444 e. The molecular formula is C16H20N4O2S. The lowest BCUT2D eigenvalue weighted by molar-refractivity contribution is 0.0242. The van der Waals surface area contributed by atoms with Crippen molar-refractivity contribution in [3.63, 3.8) is 0 Å². The van der Waals surface area contributed by atoms with Gasteiger partial charge in [0.2, 0.25) is 0 Å². The van der Waals surface area contributed by atoms with Gasteiger partial charge in [-0.05, 0) is 50.3 Å². The van der Waals surface area contributed by atoms with Gasteiger partial charge in [0.1, 0.15) is 5.60 Å². The van der Waals surface area contributed by atoms with Crippen LogP contribution < -0.4 is 5.32 Å². The number of aliphatic imine (C=N–C) groups is 1. The first-order valence-electron chi connectivity index (χ1n) is 7.20. The zero-order chi connectivity index (χ0) is 17.0. The molecule has 1 aliphatic heterocycles. The number of carbonyl (C=O) groups excluding carboxylic acids is 1. The van der Waals surface area contributed by atoms with Crippen LogP contribution in [0.15, 0.2) is 23.2 Å². The predicted octanol–water partition coefficient (Wildman–Crippen LogP) is 3.36. The first kappa shape index (κ1) is 17.2. The van der Waals surface area contributed by atoms with Crippen LogP contribution >= 0.6 is 11.8 Å². The molecule has 0 aliphatic carbocycles. The van der Waals surface area contributed by atoms with Crippen molar-refractivity contribution in [1.29, 1.82) is 5.26 Å². The number of carbonyl (C=O) groups is 1. The van der Waals surface area contributed by atoms with Gasteiger partial charge in [0.25, 0.3) is 0 Å². The monoisotopic (exact) mass is 332 g/mol. The Labute approximate surface area is 140 Å². The Morgan fingerprint density at radius 1 is 1.39 bits per heavy atom. The fraction of sp³-hybridized carbons (Fsp3) is 0.438. The summed E-state index contributed by atoms with van der Waals surface area (Å²) >= 11 is 1.37. The van der Waals surface area contributed by atoms with Gasteiger partial charge in [-0.3, -0.25) is 10.2 Å². The molecule has 2 rings (SSSR count). The number of nitrogens with zero attached hydrogens (tertiary/aromatic N) is 3. The van der Waals surface area contributed by atoms with Gasteiger partial charge in [-0.15, -0.1) is 0 Å². The number of hydrogen-bond donors (Lipinski definition) is 1. The molecule has 1 heterocycles. The summed E-state index contributed by atoms with van der Waals surface area (Å²) in [4.78, 5) is 18.2. The number of rotatable bonds is 1. The Morgan fingerprint density at radius 3 is 2.70 bits per heavy atom. The SMILES string of the molecule is CSC(=Nc1ccc2c(c1)CN(C(=O)OC(C)(C)C)C2)NC#N. The molecule has 0 saturated carbocycles. The number of nitriles is 1. The van der Waals surface area contributed by atoms with Crippen molar-refractivity contribution < 1.29 is 9.53 Å². The molecule has 1 amide bonds. The lowest BCUT2D eigenvalue weighted by atomic mass is 10.1. The van der Waals surface area contributed by atoms with Crippen LogP contribution in [0.1, 0.15) is 31.9 Å². The zero-order valence-corrected chi connectivity index (χ0v) is 14.5. The number of nitrogens with one attached hydrogen (secondary N) is 1. The van der Waals surface area contributed by atoms with Gasteiger partial charge in [-0.1, -0.05) is 17.8 Å². The molecule has 0 unspecified atom stereocenters. The molecule has 0 aromatic heterocycles. The molecule has 0 atom stereocenters. The van der Waals surface area contributed by atoms with Crippen molar-refractivity contribution in [3.05, 3.63) is 29.3 Å². The summed E-state index contributed by atoms with van der Waals surface area (Å²) in [6.07, 6.45) is 3.40. The predicted molar refractivity (Wildman–Crippen MR) is 91.3 cm³/mol. The fourth-order valence-electron chi connectivity index (χ4n) is 2.20. The maximum Gasteiger partial charge on any atom is 0.410 e. The van der Waals surface area contributed by atoms with Crippen molar-refractivity contribution in [3.8, 4) is 6.19 Å². The van der Waals surface area contributed by atoms with Crippen molar-refractivity contribution in [2.45, 2.75) is 39.5 Å². The van der Waals surface area contributed by atoms with E-state index >= 15 is 0 Å². The van der Waals surface area contributed by atoms with E-state index < -0.39 is 5.60 Å². The summed E-state index contributed by atoms with van der Waals surface area (Å²) in [5.41, 5.74) is 2.39. The van der Waals surface area contributed by atoms with Gasteiger partial charge in [0.05, 0.1) is 5.69 Å². The van der Waals surface area contributed by atoms with E-state index in [1.165, 1.54) is 11.8 Å². The van der Waals surface area contributed by atoms with E-state index in [1.807, 2.05) is 51.4 Å². The molecule has 0 saturated heterocycles. The van der Waals surface area contributed by atoms with Crippen LogP contribution in [-0.2, 0) is 17.8 Å². The topological polar surface area (TPSA) is 77.7 Å². The number of fused-ring (bicyclic) bond motifs is 1. The molecule has 7 heteroatoms. The molecule has 0 radical (unpaired) electrons. The van der Waals surface area contributed by atoms with Gasteiger partial charge in [0.15, 0.2) is 11.4 Å². The lowest BCUT2D eigenvalue weighted by Gasteiger charge is -2.24. The fourth-order valence-corrected chi connectivity index (χ4v) is 2.54. The van der Waals surface area contributed by atoms with Crippen LogP contribution in [0.4, 0.5) is 10.5 Å². The third-order valence-electron chi connectivity index (χ3n) is 3.15. The number of hydrogen-bond acceptors (Lipinski definition) is 5. The van der Waals surface area contributed by atoms with Crippen LogP contribution in [-0.4, -0.2) is 28.0 Å². The van der Waals surface area contributed by atoms with Crippen LogP contribution in [0.3, 0.4) is 0 Å². The first-order valence-corrected chi connectivity index (χ1v) is 8.42. The van der Waals surface area contributed by atoms with Gasteiger partial charge >= 0.3 is 6.09 Å². The molecule has 1 aromatic rings. The zero-order valence-electron chi connectivity index (χ0n) is 13.7. The van der Waals surface area contributed by atoms with E-state index in [-0.39, 0.29) is 6.09 Å². The summed E-state index contributed by atoms with van der Waals surface area (Å²) in [5, 5.41) is 11.7. The second-order valence-electron chi connectivity index (χ2n) is 6.15. The minimum atomic E-state index is -0.502. The van der Waals surface area contributed by atoms with E-state index in [1.54, 1.807) is 4.90 Å². The number of thioether (sulfide) groups is 1. The van der Waals surface area contributed by atoms with Gasteiger partial charge in [-0.2, -0.15) is 5.26 Å². The highest BCUT2D eigenvalue weighted by molar-refractivity contribution is 8.13. The third kappa shape index (κ3) is 4.63. The van der Waals surface area contributed by atoms with Crippen LogP contribution in [0.25, 0.3) is 0 Å². The molecule has 23 heavy (non-hydrogen) atoms. The van der Waals surface area contributed by atoms with E-state index in [0.29, 0.717) is 18.3 Å². The van der Waals surface area contributed by atoms with Crippen molar-refractivity contribution in [1.82, 2.24) is 10.2 Å². The highest BCUT2D eigenvalue weighted by Crippen LogP contribution is 2.28. The van der Waals surface area contributed by atoms with E-state index in [0.717, 1.165) is 16.8 Å². The highest BCUT2D eigenvalue weighted by Gasteiger charge is 2.27. The smallest absolute Gasteiger partial charge is 0.410 e. The quantitative estimate of drug-likeness (QED) is 0.369. The van der Waals surface area contributed by atoms with Crippen LogP contribution in [0, 0.1) is 11.5 Å². The Kier molecular flexibility index (Phi) is 5.16. The normalized spacial score (nSPS) is 14.2. The molecule has 0 bridgehead atoms. The molecular weight excluding hydrogens is 312 g/mol. The maximum atomic E-state index is 12.2. The largest absolute Gasteiger partial charge is 0.444 e. The Morgan fingerprint density at radius 2 is 2.09 bits per heavy atom. The molecule has 0 fully saturated rings. The minimum absolute atomic E-state index is 0.310. The number of benzene rings is 1. The average Bonchev–Trinajstić information content (AvgIpc) is 2.88. The van der Waals surface area contributed by atoms with E-state index in [2.05, 4.69) is 10.3 Å². The first-order chi connectivity index (χ1) is 10.8. The molecule has 1 aromatic carbocycles. The second kappa shape index (κ2) is 6.92. The molecule has 1 N–H and O–H groups in total. The van der Waals surface area contributed by atoms with E-state index in [9.17, 15) is 4.79 Å². The number of amides is 1. The molecule has 0 spiro atoms. The van der Waals surface area contributed by atoms with Crippen LogP contribution in [0.5, 0.6) is 0 Å².